The van der Waals surface area contributed by atoms with Gasteiger partial charge in [0, 0.05) is 18.3 Å². The summed E-state index contributed by atoms with van der Waals surface area (Å²) in [5.74, 6) is -0.106. The Balaban J connectivity index is 1.54. The monoisotopic (exact) mass is 439 g/mol. The summed E-state index contributed by atoms with van der Waals surface area (Å²) in [5, 5.41) is 24.1. The number of amides is 3. The lowest BCUT2D eigenvalue weighted by molar-refractivity contribution is -0.131. The molecular weight excluding hydrogens is 410 g/mol. The first kappa shape index (κ1) is 22.9. The van der Waals surface area contributed by atoms with Crippen LogP contribution in [0.15, 0.2) is 47.5 Å². The summed E-state index contributed by atoms with van der Waals surface area (Å²) in [6.45, 7) is 6.54. The van der Waals surface area contributed by atoms with E-state index in [1.54, 1.807) is 0 Å². The SMILES string of the molecule is CC(C)CC1(C)N=C(N)N(Cc2ccc(CNC(=O)Nc3ccc(O)c(O)c3)cc2)C1=O. The molecule has 0 aromatic heterocycles. The van der Waals surface area contributed by atoms with Crippen LogP contribution in [0.4, 0.5) is 10.5 Å². The van der Waals surface area contributed by atoms with Crippen molar-refractivity contribution >= 4 is 23.6 Å². The van der Waals surface area contributed by atoms with E-state index in [1.807, 2.05) is 31.2 Å². The lowest BCUT2D eigenvalue weighted by Gasteiger charge is -2.23. The van der Waals surface area contributed by atoms with E-state index >= 15 is 0 Å². The number of hydrogen-bond acceptors (Lipinski definition) is 6. The highest BCUT2D eigenvalue weighted by atomic mass is 16.3. The highest BCUT2D eigenvalue weighted by Crippen LogP contribution is 2.29. The Morgan fingerprint density at radius 2 is 1.78 bits per heavy atom. The number of aromatic hydroxyl groups is 2. The molecule has 32 heavy (non-hydrogen) atoms. The first-order chi connectivity index (χ1) is 15.1. The molecule has 0 radical (unpaired) electrons. The highest BCUT2D eigenvalue weighted by Gasteiger charge is 2.43. The molecule has 1 unspecified atom stereocenters. The van der Waals surface area contributed by atoms with Crippen molar-refractivity contribution in [2.45, 2.75) is 45.8 Å². The molecule has 0 fully saturated rings. The van der Waals surface area contributed by atoms with Gasteiger partial charge in [-0.3, -0.25) is 9.69 Å². The summed E-state index contributed by atoms with van der Waals surface area (Å²) in [6, 6.07) is 11.1. The van der Waals surface area contributed by atoms with Gasteiger partial charge >= 0.3 is 6.03 Å². The summed E-state index contributed by atoms with van der Waals surface area (Å²) < 4.78 is 0. The quantitative estimate of drug-likeness (QED) is 0.333. The van der Waals surface area contributed by atoms with Crippen molar-refractivity contribution in [3.63, 3.8) is 0 Å². The Kier molecular flexibility index (Phi) is 6.57. The van der Waals surface area contributed by atoms with Gasteiger partial charge in [-0.15, -0.1) is 0 Å². The maximum absolute atomic E-state index is 12.9. The molecule has 0 saturated heterocycles. The van der Waals surface area contributed by atoms with Crippen LogP contribution in [-0.4, -0.2) is 38.5 Å². The summed E-state index contributed by atoms with van der Waals surface area (Å²) in [4.78, 5) is 30.8. The normalized spacial score (nSPS) is 18.1. The number of guanidine groups is 1. The van der Waals surface area contributed by atoms with E-state index in [-0.39, 0.29) is 29.9 Å². The van der Waals surface area contributed by atoms with Gasteiger partial charge in [0.1, 0.15) is 5.54 Å². The van der Waals surface area contributed by atoms with Gasteiger partial charge in [0.2, 0.25) is 0 Å². The number of urea groups is 1. The third kappa shape index (κ3) is 5.29. The van der Waals surface area contributed by atoms with Crippen LogP contribution in [0.2, 0.25) is 0 Å². The van der Waals surface area contributed by atoms with Gasteiger partial charge in [0.25, 0.3) is 5.91 Å². The summed E-state index contributed by atoms with van der Waals surface area (Å²) in [7, 11) is 0. The summed E-state index contributed by atoms with van der Waals surface area (Å²) in [6.07, 6.45) is 0.638. The van der Waals surface area contributed by atoms with Gasteiger partial charge < -0.3 is 26.6 Å². The average Bonchev–Trinajstić information content (AvgIpc) is 2.92. The molecule has 170 valence electrons. The van der Waals surface area contributed by atoms with Crippen LogP contribution in [0.5, 0.6) is 11.5 Å². The number of nitrogens with one attached hydrogen (secondary N) is 2. The van der Waals surface area contributed by atoms with E-state index in [0.717, 1.165) is 11.1 Å². The second kappa shape index (κ2) is 9.17. The smallest absolute Gasteiger partial charge is 0.319 e. The van der Waals surface area contributed by atoms with Crippen molar-refractivity contribution < 1.29 is 19.8 Å². The van der Waals surface area contributed by atoms with Crippen LogP contribution >= 0.6 is 0 Å². The molecule has 0 bridgehead atoms. The number of nitrogens with two attached hydrogens (primary N) is 1. The highest BCUT2D eigenvalue weighted by molar-refractivity contribution is 6.06. The maximum atomic E-state index is 12.9. The molecule has 9 heteroatoms. The Labute approximate surface area is 187 Å². The zero-order valence-corrected chi connectivity index (χ0v) is 18.4. The minimum absolute atomic E-state index is 0.0913. The molecule has 0 saturated carbocycles. The zero-order chi connectivity index (χ0) is 23.5. The number of phenols is 2. The molecule has 6 N–H and O–H groups in total. The lowest BCUT2D eigenvalue weighted by Crippen LogP contribution is -2.43. The number of carbonyl (C=O) groups is 2. The Morgan fingerprint density at radius 1 is 1.12 bits per heavy atom. The molecule has 0 aliphatic carbocycles. The zero-order valence-electron chi connectivity index (χ0n) is 18.4. The largest absolute Gasteiger partial charge is 0.504 e. The molecule has 3 rings (SSSR count). The van der Waals surface area contributed by atoms with E-state index < -0.39 is 11.6 Å². The molecular formula is C23H29N5O4. The van der Waals surface area contributed by atoms with Crippen LogP contribution in [0.25, 0.3) is 0 Å². The van der Waals surface area contributed by atoms with Crippen molar-refractivity contribution in [3.8, 4) is 11.5 Å². The Bertz CT molecular complexity index is 1040. The number of rotatable bonds is 7. The lowest BCUT2D eigenvalue weighted by atomic mass is 9.91. The van der Waals surface area contributed by atoms with Gasteiger partial charge in [-0.2, -0.15) is 0 Å². The predicted octanol–water partition coefficient (Wildman–Crippen LogP) is 2.88. The third-order valence-corrected chi connectivity index (χ3v) is 5.20. The number of benzene rings is 2. The fourth-order valence-corrected chi connectivity index (χ4v) is 3.74. The van der Waals surface area contributed by atoms with Gasteiger partial charge in [0.05, 0.1) is 6.54 Å². The van der Waals surface area contributed by atoms with Gasteiger partial charge in [-0.25, -0.2) is 9.79 Å². The van der Waals surface area contributed by atoms with Gasteiger partial charge in [0.15, 0.2) is 17.5 Å². The number of hydrogen-bond donors (Lipinski definition) is 5. The van der Waals surface area contributed by atoms with Crippen molar-refractivity contribution in [1.82, 2.24) is 10.2 Å². The fourth-order valence-electron chi connectivity index (χ4n) is 3.74. The van der Waals surface area contributed by atoms with Crippen molar-refractivity contribution in [1.29, 1.82) is 0 Å². The number of nitrogens with zero attached hydrogens (tertiary/aromatic N) is 2. The molecule has 3 amide bonds. The fraction of sp³-hybridized carbons (Fsp3) is 0.348. The Hall–Kier alpha value is -3.75. The minimum atomic E-state index is -0.816. The van der Waals surface area contributed by atoms with Crippen LogP contribution in [0.3, 0.4) is 0 Å². The van der Waals surface area contributed by atoms with E-state index in [0.29, 0.717) is 24.6 Å². The van der Waals surface area contributed by atoms with E-state index in [2.05, 4.69) is 29.5 Å². The van der Waals surface area contributed by atoms with Gasteiger partial charge in [-0.1, -0.05) is 38.1 Å². The average molecular weight is 440 g/mol. The predicted molar refractivity (Wildman–Crippen MR) is 122 cm³/mol. The minimum Gasteiger partial charge on any atom is -0.504 e. The second-order valence-corrected chi connectivity index (χ2v) is 8.56. The number of carbonyl (C=O) groups excluding carboxylic acids is 2. The summed E-state index contributed by atoms with van der Waals surface area (Å²) >= 11 is 0. The molecule has 1 atom stereocenters. The first-order valence-electron chi connectivity index (χ1n) is 10.4. The van der Waals surface area contributed by atoms with E-state index in [9.17, 15) is 19.8 Å². The number of anilines is 1. The Morgan fingerprint density at radius 3 is 2.41 bits per heavy atom. The molecule has 0 spiro atoms. The van der Waals surface area contributed by atoms with Crippen LogP contribution in [0.1, 0.15) is 38.3 Å². The third-order valence-electron chi connectivity index (χ3n) is 5.20. The molecule has 1 aliphatic heterocycles. The van der Waals surface area contributed by atoms with Crippen LogP contribution < -0.4 is 16.4 Å². The van der Waals surface area contributed by atoms with Crippen molar-refractivity contribution in [3.05, 3.63) is 53.6 Å². The maximum Gasteiger partial charge on any atom is 0.319 e. The van der Waals surface area contributed by atoms with Crippen LogP contribution in [0, 0.1) is 5.92 Å². The van der Waals surface area contributed by atoms with Crippen molar-refractivity contribution in [2.24, 2.45) is 16.6 Å². The molecule has 1 aliphatic rings. The number of aliphatic imine (C=N–C) groups is 1. The first-order valence-corrected chi connectivity index (χ1v) is 10.4. The molecule has 9 nitrogen and oxygen atoms in total. The van der Waals surface area contributed by atoms with Crippen molar-refractivity contribution in [2.75, 3.05) is 5.32 Å². The second-order valence-electron chi connectivity index (χ2n) is 8.56. The molecule has 1 heterocycles. The van der Waals surface area contributed by atoms with Crippen LogP contribution in [-0.2, 0) is 17.9 Å². The molecule has 2 aromatic carbocycles. The standard InChI is InChI=1S/C23H29N5O4/c1-14(2)11-23(3)20(31)28(21(24)27-23)13-16-6-4-15(5-7-16)12-25-22(32)26-17-8-9-18(29)19(30)10-17/h4-10,14,29-30H,11-13H2,1-3H3,(H2,24,27)(H2,25,26,32). The molecule has 2 aromatic rings. The number of phenolic OH excluding ortho intramolecular Hbond substituents is 2. The van der Waals surface area contributed by atoms with E-state index in [4.69, 9.17) is 5.73 Å². The topological polar surface area (TPSA) is 140 Å². The summed E-state index contributed by atoms with van der Waals surface area (Å²) in [5.41, 5.74) is 7.34. The van der Waals surface area contributed by atoms with Gasteiger partial charge in [-0.05, 0) is 42.5 Å². The van der Waals surface area contributed by atoms with E-state index in [1.165, 1.54) is 23.1 Å².